The maximum atomic E-state index is 13.8. The second kappa shape index (κ2) is 15.2. The van der Waals surface area contributed by atoms with Gasteiger partial charge < -0.3 is 30.5 Å². The molecule has 2 aromatic carbocycles. The number of carbonyl (C=O) groups is 2. The van der Waals surface area contributed by atoms with Crippen LogP contribution in [0.4, 0.5) is 33.5 Å². The van der Waals surface area contributed by atoms with Crippen molar-refractivity contribution in [1.29, 1.82) is 0 Å². The van der Waals surface area contributed by atoms with Gasteiger partial charge in [-0.25, -0.2) is 19.7 Å². The van der Waals surface area contributed by atoms with E-state index in [0.29, 0.717) is 34.3 Å². The molecule has 0 spiro atoms. The highest BCUT2D eigenvalue weighted by molar-refractivity contribution is 6.04. The van der Waals surface area contributed by atoms with E-state index in [-0.39, 0.29) is 11.7 Å². The summed E-state index contributed by atoms with van der Waals surface area (Å²) in [7, 11) is 3.75. The molecule has 1 aliphatic heterocycles. The first-order chi connectivity index (χ1) is 21.3. The van der Waals surface area contributed by atoms with Crippen LogP contribution in [0.1, 0.15) is 6.92 Å². The summed E-state index contributed by atoms with van der Waals surface area (Å²) in [5.74, 6) is 0.995. The van der Waals surface area contributed by atoms with E-state index in [0.717, 1.165) is 31.9 Å². The molecule has 0 atom stereocenters. The number of anilines is 5. The molecule has 11 heteroatoms. The van der Waals surface area contributed by atoms with Crippen molar-refractivity contribution in [3.05, 3.63) is 110 Å². The monoisotopic (exact) mass is 594 g/mol. The van der Waals surface area contributed by atoms with Crippen LogP contribution in [0.5, 0.6) is 5.75 Å². The van der Waals surface area contributed by atoms with Gasteiger partial charge in [0.05, 0.1) is 18.5 Å². The third-order valence-corrected chi connectivity index (χ3v) is 6.84. The summed E-state index contributed by atoms with van der Waals surface area (Å²) in [6, 6.07) is 16.2. The van der Waals surface area contributed by atoms with Gasteiger partial charge in [-0.3, -0.25) is 4.79 Å². The minimum absolute atomic E-state index is 0.274. The number of carbonyl (C=O) groups excluding carboxylic acids is 2. The van der Waals surface area contributed by atoms with Crippen LogP contribution in [-0.2, 0) is 4.79 Å². The Bertz CT molecular complexity index is 1550. The third kappa shape index (κ3) is 8.33. The Labute approximate surface area is 258 Å². The predicted octanol–water partition coefficient (Wildman–Crippen LogP) is 5.30. The lowest BCUT2D eigenvalue weighted by atomic mass is 10.2. The normalized spacial score (nSPS) is 13.9. The Morgan fingerprint density at radius 2 is 1.77 bits per heavy atom. The number of allylic oxidation sites excluding steroid dienone is 4. The fraction of sp³-hybridized carbons (Fsp3) is 0.212. The fourth-order valence-corrected chi connectivity index (χ4v) is 4.59. The Morgan fingerprint density at radius 3 is 2.45 bits per heavy atom. The summed E-state index contributed by atoms with van der Waals surface area (Å²) in [5.41, 5.74) is 3.27. The molecular weight excluding hydrogens is 556 g/mol. The number of benzene rings is 2. The molecule has 1 fully saturated rings. The van der Waals surface area contributed by atoms with Crippen LogP contribution in [0.2, 0.25) is 0 Å². The van der Waals surface area contributed by atoms with E-state index in [9.17, 15) is 9.59 Å². The van der Waals surface area contributed by atoms with Crippen molar-refractivity contribution < 1.29 is 14.3 Å². The first kappa shape index (κ1) is 31.5. The zero-order chi connectivity index (χ0) is 31.5. The Kier molecular flexibility index (Phi) is 10.9. The smallest absolute Gasteiger partial charge is 0.332 e. The SMILES string of the molecule is C=C/C=C(\C=C(/C)NC(=O)C=C)N(C(=O)Nc1ccccc1)c1cc(Nc2ccc(N3CCN(C)CC3)cc2OC)ncn1. The Hall–Kier alpha value is -5.42. The van der Waals surface area contributed by atoms with E-state index in [1.54, 1.807) is 50.5 Å². The molecule has 0 saturated carbocycles. The second-order valence-corrected chi connectivity index (χ2v) is 10.0. The zero-order valence-corrected chi connectivity index (χ0v) is 25.3. The lowest BCUT2D eigenvalue weighted by Crippen LogP contribution is -2.44. The van der Waals surface area contributed by atoms with Gasteiger partial charge in [0.15, 0.2) is 0 Å². The van der Waals surface area contributed by atoms with Crippen molar-refractivity contribution in [3.63, 3.8) is 0 Å². The lowest BCUT2D eigenvalue weighted by Gasteiger charge is -2.34. The topological polar surface area (TPSA) is 115 Å². The predicted molar refractivity (Wildman–Crippen MR) is 176 cm³/mol. The van der Waals surface area contributed by atoms with Gasteiger partial charge in [0.2, 0.25) is 5.91 Å². The number of methoxy groups -OCH3 is 1. The Morgan fingerprint density at radius 1 is 1.02 bits per heavy atom. The van der Waals surface area contributed by atoms with E-state index in [2.05, 4.69) is 55.9 Å². The van der Waals surface area contributed by atoms with Gasteiger partial charge in [0, 0.05) is 55.4 Å². The van der Waals surface area contributed by atoms with E-state index in [1.807, 2.05) is 36.4 Å². The fourth-order valence-electron chi connectivity index (χ4n) is 4.59. The molecule has 4 rings (SSSR count). The number of hydrogen-bond acceptors (Lipinski definition) is 8. The summed E-state index contributed by atoms with van der Waals surface area (Å²) in [6.07, 6.45) is 7.37. The van der Waals surface area contributed by atoms with Crippen LogP contribution >= 0.6 is 0 Å². The van der Waals surface area contributed by atoms with Gasteiger partial charge in [-0.1, -0.05) is 37.4 Å². The summed E-state index contributed by atoms with van der Waals surface area (Å²) in [4.78, 5) is 40.5. The molecule has 1 aliphatic rings. The van der Waals surface area contributed by atoms with E-state index in [1.165, 1.54) is 17.3 Å². The molecule has 1 saturated heterocycles. The summed E-state index contributed by atoms with van der Waals surface area (Å²) >= 11 is 0. The van der Waals surface area contributed by atoms with Crippen LogP contribution in [0.3, 0.4) is 0 Å². The van der Waals surface area contributed by atoms with Crippen LogP contribution in [0.15, 0.2) is 110 Å². The van der Waals surface area contributed by atoms with Crippen molar-refractivity contribution in [2.75, 3.05) is 60.8 Å². The van der Waals surface area contributed by atoms with Gasteiger partial charge in [0.1, 0.15) is 23.7 Å². The van der Waals surface area contributed by atoms with E-state index < -0.39 is 6.03 Å². The molecule has 0 radical (unpaired) electrons. The Balaban J connectivity index is 1.67. The molecule has 228 valence electrons. The number of para-hydroxylation sites is 1. The molecular formula is C33H38N8O3. The minimum atomic E-state index is -0.484. The maximum absolute atomic E-state index is 13.8. The van der Waals surface area contributed by atoms with Crippen molar-refractivity contribution in [2.45, 2.75) is 6.92 Å². The molecule has 1 aromatic heterocycles. The quantitative estimate of drug-likeness (QED) is 0.203. The second-order valence-electron chi connectivity index (χ2n) is 10.0. The third-order valence-electron chi connectivity index (χ3n) is 6.84. The van der Waals surface area contributed by atoms with Crippen molar-refractivity contribution in [3.8, 4) is 5.75 Å². The molecule has 3 aromatic rings. The van der Waals surface area contributed by atoms with Gasteiger partial charge in [-0.15, -0.1) is 0 Å². The van der Waals surface area contributed by atoms with Gasteiger partial charge in [-0.2, -0.15) is 0 Å². The lowest BCUT2D eigenvalue weighted by molar-refractivity contribution is -0.115. The van der Waals surface area contributed by atoms with Crippen LogP contribution < -0.4 is 30.5 Å². The van der Waals surface area contributed by atoms with E-state index >= 15 is 0 Å². The molecule has 0 aliphatic carbocycles. The standard InChI is InChI=1S/C33H38N8O3/c1-6-11-27(20-24(3)36-32(42)7-2)41(33(43)37-25-12-9-8-10-13-25)31-22-30(34-23-35-31)38-28-15-14-26(21-29(28)44-5)40-18-16-39(4)17-19-40/h6-15,20-23H,1-2,16-19H2,3-5H3,(H,36,42)(H,37,43)(H,34,35,38)/b24-20+,27-11+. The van der Waals surface area contributed by atoms with Crippen LogP contribution in [-0.4, -0.2) is 67.1 Å². The molecule has 2 heterocycles. The van der Waals surface area contributed by atoms with Crippen molar-refractivity contribution in [1.82, 2.24) is 20.2 Å². The van der Waals surface area contributed by atoms with E-state index in [4.69, 9.17) is 4.74 Å². The highest BCUT2D eigenvalue weighted by atomic mass is 16.5. The molecule has 3 amide bonds. The highest BCUT2D eigenvalue weighted by Gasteiger charge is 2.22. The number of nitrogens with one attached hydrogen (secondary N) is 3. The van der Waals surface area contributed by atoms with Gasteiger partial charge >= 0.3 is 6.03 Å². The number of ether oxygens (including phenoxy) is 1. The summed E-state index contributed by atoms with van der Waals surface area (Å²) in [6.45, 7) is 12.9. The van der Waals surface area contributed by atoms with Crippen molar-refractivity contribution >= 4 is 40.6 Å². The number of nitrogens with zero attached hydrogens (tertiary/aromatic N) is 5. The molecule has 3 N–H and O–H groups in total. The highest BCUT2D eigenvalue weighted by Crippen LogP contribution is 2.33. The van der Waals surface area contributed by atoms with Crippen LogP contribution in [0.25, 0.3) is 0 Å². The number of hydrogen-bond donors (Lipinski definition) is 3. The first-order valence-electron chi connectivity index (χ1n) is 14.1. The van der Waals surface area contributed by atoms with Gasteiger partial charge in [0.25, 0.3) is 0 Å². The number of likely N-dealkylation sites (N-methyl/N-ethyl adjacent to an activating group) is 1. The summed E-state index contributed by atoms with van der Waals surface area (Å²) < 4.78 is 5.72. The number of rotatable bonds is 11. The van der Waals surface area contributed by atoms with Crippen LogP contribution in [0, 0.1) is 0 Å². The van der Waals surface area contributed by atoms with Crippen molar-refractivity contribution in [2.24, 2.45) is 0 Å². The number of amides is 3. The number of piperazine rings is 1. The average molecular weight is 595 g/mol. The average Bonchev–Trinajstić information content (AvgIpc) is 3.02. The molecule has 11 nitrogen and oxygen atoms in total. The molecule has 44 heavy (non-hydrogen) atoms. The number of urea groups is 1. The molecule has 0 unspecified atom stereocenters. The zero-order valence-electron chi connectivity index (χ0n) is 25.3. The van der Waals surface area contributed by atoms with Gasteiger partial charge in [-0.05, 0) is 56.5 Å². The molecule has 0 bridgehead atoms. The number of aromatic nitrogens is 2. The first-order valence-corrected chi connectivity index (χ1v) is 14.1. The largest absolute Gasteiger partial charge is 0.494 e. The minimum Gasteiger partial charge on any atom is -0.494 e. The maximum Gasteiger partial charge on any atom is 0.332 e. The summed E-state index contributed by atoms with van der Waals surface area (Å²) in [5, 5.41) is 8.91.